The summed E-state index contributed by atoms with van der Waals surface area (Å²) >= 11 is 0. The van der Waals surface area contributed by atoms with E-state index in [2.05, 4.69) is 10.6 Å². The van der Waals surface area contributed by atoms with Crippen molar-refractivity contribution in [3.05, 3.63) is 70.5 Å². The number of halogens is 6. The van der Waals surface area contributed by atoms with Crippen molar-refractivity contribution < 1.29 is 35.9 Å². The van der Waals surface area contributed by atoms with Gasteiger partial charge in [0.15, 0.2) is 11.6 Å². The van der Waals surface area contributed by atoms with Gasteiger partial charge in [-0.15, -0.1) is 0 Å². The fourth-order valence-corrected chi connectivity index (χ4v) is 2.23. The number of likely N-dealkylation sites (N-methyl/N-ethyl adjacent to an activating group) is 1. The van der Waals surface area contributed by atoms with Crippen LogP contribution in [0.2, 0.25) is 0 Å². The summed E-state index contributed by atoms with van der Waals surface area (Å²) in [5, 5.41) is 4.30. The number of carbonyl (C=O) groups excluding carboxylic acids is 2. The van der Waals surface area contributed by atoms with Crippen LogP contribution in [0.15, 0.2) is 36.4 Å². The van der Waals surface area contributed by atoms with E-state index in [4.69, 9.17) is 0 Å². The molecule has 0 spiro atoms. The van der Waals surface area contributed by atoms with Gasteiger partial charge in [-0.25, -0.2) is 13.2 Å². The maximum Gasteiger partial charge on any atom is 0.419 e. The average molecular weight is 390 g/mol. The van der Waals surface area contributed by atoms with Gasteiger partial charge in [0.25, 0.3) is 5.91 Å². The van der Waals surface area contributed by atoms with Crippen LogP contribution in [0.25, 0.3) is 0 Å². The van der Waals surface area contributed by atoms with Crippen LogP contribution in [-0.4, -0.2) is 18.9 Å². The van der Waals surface area contributed by atoms with Gasteiger partial charge in [0.1, 0.15) is 11.9 Å². The standard InChI is InChI=1S/C17H12F6N2O2/c1-24-16(27)14(8-2-5-12(19)13(20)7-8)25-15(26)9-3-4-11(18)10(6-9)17(21,22)23/h2-7,14H,1H3,(H,24,27)(H,25,26). The maximum atomic E-state index is 13.4. The van der Waals surface area contributed by atoms with Gasteiger partial charge in [0.05, 0.1) is 5.56 Å². The summed E-state index contributed by atoms with van der Waals surface area (Å²) in [5.74, 6) is -6.00. The molecule has 0 radical (unpaired) electrons. The maximum absolute atomic E-state index is 13.4. The van der Waals surface area contributed by atoms with E-state index >= 15 is 0 Å². The minimum Gasteiger partial charge on any atom is -0.357 e. The Morgan fingerprint density at radius 3 is 2.11 bits per heavy atom. The van der Waals surface area contributed by atoms with E-state index < -0.39 is 52.6 Å². The van der Waals surface area contributed by atoms with Gasteiger partial charge < -0.3 is 10.6 Å². The molecular formula is C17H12F6N2O2. The Morgan fingerprint density at radius 2 is 1.56 bits per heavy atom. The zero-order valence-corrected chi connectivity index (χ0v) is 13.6. The highest BCUT2D eigenvalue weighted by molar-refractivity contribution is 5.98. The molecule has 0 aliphatic rings. The third kappa shape index (κ3) is 4.57. The number of hydrogen-bond acceptors (Lipinski definition) is 2. The van der Waals surface area contributed by atoms with Crippen LogP contribution in [0.1, 0.15) is 27.5 Å². The zero-order chi connectivity index (χ0) is 20.4. The molecule has 0 saturated heterocycles. The van der Waals surface area contributed by atoms with Crippen LogP contribution < -0.4 is 10.6 Å². The van der Waals surface area contributed by atoms with Crippen molar-refractivity contribution in [3.8, 4) is 0 Å². The Balaban J connectivity index is 2.37. The van der Waals surface area contributed by atoms with Gasteiger partial charge in [0, 0.05) is 12.6 Å². The number of rotatable bonds is 4. The molecule has 0 fully saturated rings. The lowest BCUT2D eigenvalue weighted by Gasteiger charge is -2.18. The number of amides is 2. The minimum atomic E-state index is -5.03. The fraction of sp³-hybridized carbons (Fsp3) is 0.176. The molecule has 0 saturated carbocycles. The monoisotopic (exact) mass is 390 g/mol. The average Bonchev–Trinajstić information content (AvgIpc) is 2.60. The first kappa shape index (κ1) is 20.3. The topological polar surface area (TPSA) is 58.2 Å². The molecule has 0 heterocycles. The van der Waals surface area contributed by atoms with Gasteiger partial charge in [0.2, 0.25) is 5.91 Å². The van der Waals surface area contributed by atoms with Crippen molar-refractivity contribution in [3.63, 3.8) is 0 Å². The van der Waals surface area contributed by atoms with Crippen molar-refractivity contribution in [1.29, 1.82) is 0 Å². The summed E-state index contributed by atoms with van der Waals surface area (Å²) in [6.07, 6.45) is -5.03. The van der Waals surface area contributed by atoms with E-state index in [1.165, 1.54) is 7.05 Å². The second-order valence-electron chi connectivity index (χ2n) is 5.39. The van der Waals surface area contributed by atoms with E-state index in [-0.39, 0.29) is 11.6 Å². The second-order valence-corrected chi connectivity index (χ2v) is 5.39. The lowest BCUT2D eigenvalue weighted by molar-refractivity contribution is -0.140. The SMILES string of the molecule is CNC(=O)C(NC(=O)c1ccc(F)c(C(F)(F)F)c1)c1ccc(F)c(F)c1. The molecule has 1 atom stereocenters. The van der Waals surface area contributed by atoms with Crippen molar-refractivity contribution in [2.45, 2.75) is 12.2 Å². The number of carbonyl (C=O) groups is 2. The van der Waals surface area contributed by atoms with Gasteiger partial charge in [-0.05, 0) is 35.9 Å². The molecule has 27 heavy (non-hydrogen) atoms. The lowest BCUT2D eigenvalue weighted by atomic mass is 10.0. The smallest absolute Gasteiger partial charge is 0.357 e. The van der Waals surface area contributed by atoms with E-state index in [1.54, 1.807) is 0 Å². The van der Waals surface area contributed by atoms with Crippen LogP contribution in [0.4, 0.5) is 26.3 Å². The first-order valence-electron chi connectivity index (χ1n) is 7.38. The van der Waals surface area contributed by atoms with Crippen LogP contribution in [-0.2, 0) is 11.0 Å². The largest absolute Gasteiger partial charge is 0.419 e. The third-order valence-electron chi connectivity index (χ3n) is 3.59. The molecule has 0 aliphatic heterocycles. The Morgan fingerprint density at radius 1 is 0.926 bits per heavy atom. The number of nitrogens with one attached hydrogen (secondary N) is 2. The normalized spacial score (nSPS) is 12.4. The van der Waals surface area contributed by atoms with Gasteiger partial charge in [-0.2, -0.15) is 13.2 Å². The van der Waals surface area contributed by atoms with E-state index in [9.17, 15) is 35.9 Å². The summed E-state index contributed by atoms with van der Waals surface area (Å²) in [6, 6.07) is 2.46. The highest BCUT2D eigenvalue weighted by Gasteiger charge is 2.35. The van der Waals surface area contributed by atoms with E-state index in [0.29, 0.717) is 12.1 Å². The Kier molecular flexibility index (Phi) is 5.77. The van der Waals surface area contributed by atoms with E-state index in [1.807, 2.05) is 0 Å². The van der Waals surface area contributed by atoms with Crippen molar-refractivity contribution >= 4 is 11.8 Å². The van der Waals surface area contributed by atoms with Crippen LogP contribution in [0.5, 0.6) is 0 Å². The summed E-state index contributed by atoms with van der Waals surface area (Å²) in [6.45, 7) is 0. The molecule has 0 aromatic heterocycles. The summed E-state index contributed by atoms with van der Waals surface area (Å²) in [5.41, 5.74) is -2.36. The summed E-state index contributed by atoms with van der Waals surface area (Å²) in [4.78, 5) is 24.2. The molecular weight excluding hydrogens is 378 g/mol. The number of benzene rings is 2. The van der Waals surface area contributed by atoms with Gasteiger partial charge in [-0.3, -0.25) is 9.59 Å². The quantitative estimate of drug-likeness (QED) is 0.787. The zero-order valence-electron chi connectivity index (χ0n) is 13.6. The Bertz CT molecular complexity index is 882. The minimum absolute atomic E-state index is 0.139. The molecule has 2 rings (SSSR count). The molecule has 0 bridgehead atoms. The molecule has 2 aromatic rings. The number of hydrogen-bond donors (Lipinski definition) is 2. The van der Waals surface area contributed by atoms with Crippen LogP contribution in [0, 0.1) is 17.5 Å². The molecule has 144 valence electrons. The summed E-state index contributed by atoms with van der Waals surface area (Å²) in [7, 11) is 1.21. The molecule has 1 unspecified atom stereocenters. The molecule has 0 aliphatic carbocycles. The van der Waals surface area contributed by atoms with Crippen molar-refractivity contribution in [2.24, 2.45) is 0 Å². The molecule has 2 N–H and O–H groups in total. The fourth-order valence-electron chi connectivity index (χ4n) is 2.23. The Hall–Kier alpha value is -3.04. The summed E-state index contributed by atoms with van der Waals surface area (Å²) < 4.78 is 78.1. The predicted molar refractivity (Wildman–Crippen MR) is 82.0 cm³/mol. The first-order valence-corrected chi connectivity index (χ1v) is 7.38. The van der Waals surface area contributed by atoms with Crippen LogP contribution >= 0.6 is 0 Å². The molecule has 10 heteroatoms. The highest BCUT2D eigenvalue weighted by Crippen LogP contribution is 2.32. The predicted octanol–water partition coefficient (Wildman–Crippen LogP) is 3.34. The van der Waals surface area contributed by atoms with Gasteiger partial charge >= 0.3 is 6.18 Å². The number of alkyl halides is 3. The molecule has 2 aromatic carbocycles. The lowest BCUT2D eigenvalue weighted by Crippen LogP contribution is -2.39. The molecule has 2 amide bonds. The van der Waals surface area contributed by atoms with Crippen molar-refractivity contribution in [2.75, 3.05) is 7.05 Å². The first-order chi connectivity index (χ1) is 12.5. The van der Waals surface area contributed by atoms with E-state index in [0.717, 1.165) is 18.2 Å². The Labute approximate surface area is 149 Å². The highest BCUT2D eigenvalue weighted by atomic mass is 19.4. The second kappa shape index (κ2) is 7.68. The third-order valence-corrected chi connectivity index (χ3v) is 3.59. The van der Waals surface area contributed by atoms with Crippen LogP contribution in [0.3, 0.4) is 0 Å². The van der Waals surface area contributed by atoms with Crippen molar-refractivity contribution in [1.82, 2.24) is 10.6 Å². The van der Waals surface area contributed by atoms with Gasteiger partial charge in [-0.1, -0.05) is 6.07 Å². The molecule has 4 nitrogen and oxygen atoms in total.